The van der Waals surface area contributed by atoms with Crippen LogP contribution in [0.5, 0.6) is 5.75 Å². The average Bonchev–Trinajstić information content (AvgIpc) is 2.47. The Labute approximate surface area is 123 Å². The highest BCUT2D eigenvalue weighted by Crippen LogP contribution is 2.37. The van der Waals surface area contributed by atoms with Gasteiger partial charge < -0.3 is 10.2 Å². The van der Waals surface area contributed by atoms with E-state index in [1.165, 1.54) is 25.3 Å². The largest absolute Gasteiger partial charge is 0.506 e. The van der Waals surface area contributed by atoms with Crippen LogP contribution in [0.25, 0.3) is 10.9 Å². The first-order valence-corrected chi connectivity index (χ1v) is 6.38. The molecule has 2 aromatic rings. The summed E-state index contributed by atoms with van der Waals surface area (Å²) in [5.74, 6) is -3.35. The number of aromatic hydroxyl groups is 1. The number of hydrogen-bond donors (Lipinski definition) is 2. The van der Waals surface area contributed by atoms with Crippen molar-refractivity contribution in [2.75, 3.05) is 0 Å². The van der Waals surface area contributed by atoms with E-state index in [9.17, 15) is 19.5 Å². The lowest BCUT2D eigenvalue weighted by Gasteiger charge is -2.16. The van der Waals surface area contributed by atoms with Gasteiger partial charge in [-0.1, -0.05) is 0 Å². The quantitative estimate of drug-likeness (QED) is 0.815. The van der Waals surface area contributed by atoms with E-state index in [0.29, 0.717) is 0 Å². The van der Waals surface area contributed by atoms with Crippen molar-refractivity contribution in [3.63, 3.8) is 0 Å². The van der Waals surface area contributed by atoms with Crippen molar-refractivity contribution < 1.29 is 24.6 Å². The molecule has 1 aromatic carbocycles. The Morgan fingerprint density at radius 1 is 1.27 bits per heavy atom. The number of nitrogens with zero attached hydrogens (tertiary/aromatic N) is 2. The number of Topliss-reactive ketones (excluding diaryl/α,β-unsaturated/α-hetero) is 2. The molecule has 0 amide bonds. The van der Waals surface area contributed by atoms with Gasteiger partial charge in [-0.2, -0.15) is 0 Å². The second-order valence-electron chi connectivity index (χ2n) is 4.91. The number of benzene rings is 1. The Morgan fingerprint density at radius 2 is 2.00 bits per heavy atom. The summed E-state index contributed by atoms with van der Waals surface area (Å²) in [4.78, 5) is 42.8. The molecule has 0 fully saturated rings. The normalized spacial score (nSPS) is 16.6. The molecule has 7 nitrogen and oxygen atoms in total. The molecule has 0 bridgehead atoms. The van der Waals surface area contributed by atoms with Crippen LogP contribution in [-0.2, 0) is 4.79 Å². The Balaban J connectivity index is 2.28. The monoisotopic (exact) mass is 298 g/mol. The van der Waals surface area contributed by atoms with Crippen molar-refractivity contribution in [1.29, 1.82) is 0 Å². The molecule has 0 aliphatic carbocycles. The number of ketones is 2. The Hall–Kier alpha value is -3.09. The first kappa shape index (κ1) is 13.9. The highest BCUT2D eigenvalue weighted by Gasteiger charge is 2.30. The van der Waals surface area contributed by atoms with E-state index < -0.39 is 17.6 Å². The SMILES string of the molecule is CC(=O)C1C=Nc2c(ccc3c(O)c(C(=O)O)cnc23)C1=O. The smallest absolute Gasteiger partial charge is 0.341 e. The topological polar surface area (TPSA) is 117 Å². The van der Waals surface area contributed by atoms with Gasteiger partial charge in [0.2, 0.25) is 0 Å². The van der Waals surface area contributed by atoms with E-state index in [0.717, 1.165) is 6.20 Å². The lowest BCUT2D eigenvalue weighted by atomic mass is 9.90. The van der Waals surface area contributed by atoms with Crippen LogP contribution in [0, 0.1) is 5.92 Å². The van der Waals surface area contributed by atoms with Crippen molar-refractivity contribution >= 4 is 40.3 Å². The molecule has 110 valence electrons. The first-order chi connectivity index (χ1) is 10.4. The van der Waals surface area contributed by atoms with Gasteiger partial charge in [-0.05, 0) is 19.1 Å². The molecule has 1 atom stereocenters. The van der Waals surface area contributed by atoms with Crippen molar-refractivity contribution in [3.05, 3.63) is 29.5 Å². The summed E-state index contributed by atoms with van der Waals surface area (Å²) in [6.07, 6.45) is 2.26. The van der Waals surface area contributed by atoms with Crippen LogP contribution >= 0.6 is 0 Å². The number of aliphatic imine (C=N–C) groups is 1. The summed E-state index contributed by atoms with van der Waals surface area (Å²) in [5, 5.41) is 19.2. The van der Waals surface area contributed by atoms with Gasteiger partial charge in [0.1, 0.15) is 28.5 Å². The van der Waals surface area contributed by atoms with E-state index in [2.05, 4.69) is 9.98 Å². The number of rotatable bonds is 2. The fraction of sp³-hybridized carbons (Fsp3) is 0.133. The van der Waals surface area contributed by atoms with E-state index in [4.69, 9.17) is 5.11 Å². The zero-order valence-corrected chi connectivity index (χ0v) is 11.4. The van der Waals surface area contributed by atoms with Gasteiger partial charge in [-0.15, -0.1) is 0 Å². The maximum absolute atomic E-state index is 12.3. The Kier molecular flexibility index (Phi) is 2.98. The first-order valence-electron chi connectivity index (χ1n) is 6.38. The number of carboxylic acid groups (broad SMARTS) is 1. The second kappa shape index (κ2) is 4.73. The van der Waals surface area contributed by atoms with Crippen LogP contribution in [0.15, 0.2) is 23.3 Å². The molecule has 0 saturated heterocycles. The molecule has 1 unspecified atom stereocenters. The summed E-state index contributed by atoms with van der Waals surface area (Å²) in [6, 6.07) is 2.82. The molecule has 3 rings (SSSR count). The number of carbonyl (C=O) groups excluding carboxylic acids is 2. The highest BCUT2D eigenvalue weighted by atomic mass is 16.4. The molecule has 1 aliphatic heterocycles. The Morgan fingerprint density at radius 3 is 2.64 bits per heavy atom. The summed E-state index contributed by atoms with van der Waals surface area (Å²) in [6.45, 7) is 1.31. The number of pyridine rings is 1. The molecule has 0 saturated carbocycles. The molecule has 22 heavy (non-hydrogen) atoms. The molecular weight excluding hydrogens is 288 g/mol. The summed E-state index contributed by atoms with van der Waals surface area (Å²) in [5.41, 5.74) is 0.337. The van der Waals surface area contributed by atoms with Crippen LogP contribution in [-0.4, -0.2) is 38.9 Å². The van der Waals surface area contributed by atoms with Crippen LogP contribution in [0.2, 0.25) is 0 Å². The number of aromatic carboxylic acids is 1. The molecule has 0 radical (unpaired) electrons. The van der Waals surface area contributed by atoms with Crippen LogP contribution in [0.1, 0.15) is 27.6 Å². The van der Waals surface area contributed by atoms with Gasteiger partial charge in [0, 0.05) is 23.4 Å². The van der Waals surface area contributed by atoms with E-state index in [-0.39, 0.29) is 39.3 Å². The number of carbonyl (C=O) groups is 3. The minimum atomic E-state index is -1.30. The maximum atomic E-state index is 12.3. The van der Waals surface area contributed by atoms with Gasteiger partial charge in [0.05, 0.1) is 5.69 Å². The van der Waals surface area contributed by atoms with Crippen LogP contribution < -0.4 is 0 Å². The zero-order valence-electron chi connectivity index (χ0n) is 11.4. The fourth-order valence-electron chi connectivity index (χ4n) is 2.40. The van der Waals surface area contributed by atoms with Crippen LogP contribution in [0.4, 0.5) is 5.69 Å². The standard InChI is InChI=1S/C15H10N2O5/c1-6(18)9-4-16-11-7(13(9)19)2-3-8-12(11)17-5-10(14(8)20)15(21)22/h2-5,9H,1H3,(H,17,20)(H,21,22). The summed E-state index contributed by atoms with van der Waals surface area (Å²) < 4.78 is 0. The zero-order chi connectivity index (χ0) is 16.0. The van der Waals surface area contributed by atoms with Crippen molar-refractivity contribution in [2.24, 2.45) is 10.9 Å². The molecule has 1 aliphatic rings. The number of hydrogen-bond acceptors (Lipinski definition) is 6. The molecule has 7 heteroatoms. The predicted octanol–water partition coefficient (Wildman–Crippen LogP) is 1.74. The third-order valence-corrected chi connectivity index (χ3v) is 3.55. The predicted molar refractivity (Wildman–Crippen MR) is 77.0 cm³/mol. The molecule has 2 N–H and O–H groups in total. The van der Waals surface area contributed by atoms with Crippen molar-refractivity contribution in [2.45, 2.75) is 6.92 Å². The number of fused-ring (bicyclic) bond motifs is 3. The van der Waals surface area contributed by atoms with Gasteiger partial charge in [0.15, 0.2) is 5.78 Å². The minimum absolute atomic E-state index is 0.185. The van der Waals surface area contributed by atoms with Gasteiger partial charge in [0.25, 0.3) is 0 Å². The molecule has 1 aromatic heterocycles. The third-order valence-electron chi connectivity index (χ3n) is 3.55. The summed E-state index contributed by atoms with van der Waals surface area (Å²) >= 11 is 0. The van der Waals surface area contributed by atoms with Crippen molar-refractivity contribution in [1.82, 2.24) is 4.98 Å². The Bertz CT molecular complexity index is 885. The lowest BCUT2D eigenvalue weighted by Crippen LogP contribution is -2.26. The lowest BCUT2D eigenvalue weighted by molar-refractivity contribution is -0.117. The second-order valence-corrected chi connectivity index (χ2v) is 4.91. The minimum Gasteiger partial charge on any atom is -0.506 e. The van der Waals surface area contributed by atoms with Gasteiger partial charge in [-0.3, -0.25) is 19.6 Å². The maximum Gasteiger partial charge on any atom is 0.341 e. The van der Waals surface area contributed by atoms with Gasteiger partial charge >= 0.3 is 5.97 Å². The third kappa shape index (κ3) is 1.86. The highest BCUT2D eigenvalue weighted by molar-refractivity contribution is 6.25. The van der Waals surface area contributed by atoms with E-state index >= 15 is 0 Å². The van der Waals surface area contributed by atoms with E-state index in [1.54, 1.807) is 0 Å². The summed E-state index contributed by atoms with van der Waals surface area (Å²) in [7, 11) is 0. The van der Waals surface area contributed by atoms with Crippen LogP contribution in [0.3, 0.4) is 0 Å². The number of carboxylic acids is 1. The van der Waals surface area contributed by atoms with Gasteiger partial charge in [-0.25, -0.2) is 4.79 Å². The van der Waals surface area contributed by atoms with E-state index in [1.807, 2.05) is 0 Å². The molecule has 2 heterocycles. The molecular formula is C15H10N2O5. The van der Waals surface area contributed by atoms with Crippen molar-refractivity contribution in [3.8, 4) is 5.75 Å². The molecule has 0 spiro atoms. The number of aromatic nitrogens is 1. The fourth-order valence-corrected chi connectivity index (χ4v) is 2.40. The average molecular weight is 298 g/mol.